The fourth-order valence-electron chi connectivity index (χ4n) is 4.02. The second-order valence-corrected chi connectivity index (χ2v) is 8.93. The van der Waals surface area contributed by atoms with E-state index in [1.165, 1.54) is 13.8 Å². The van der Waals surface area contributed by atoms with Gasteiger partial charge in [0.05, 0.1) is 11.0 Å². The molecule has 3 rings (SSSR count). The number of halogens is 3. The summed E-state index contributed by atoms with van der Waals surface area (Å²) in [5, 5.41) is 9.02. The molecule has 2 aromatic carbocycles. The first kappa shape index (κ1) is 23.1. The van der Waals surface area contributed by atoms with Gasteiger partial charge < -0.3 is 14.9 Å². The third-order valence-electron chi connectivity index (χ3n) is 6.23. The van der Waals surface area contributed by atoms with Gasteiger partial charge >= 0.3 is 12.1 Å². The maximum atomic E-state index is 13.2. The summed E-state index contributed by atoms with van der Waals surface area (Å²) in [4.78, 5) is 15.1. The predicted octanol–water partition coefficient (Wildman–Crippen LogP) is 5.54. The summed E-state index contributed by atoms with van der Waals surface area (Å²) in [7, 11) is 2.02. The predicted molar refractivity (Wildman–Crippen MR) is 117 cm³/mol. The molecule has 0 amide bonds. The van der Waals surface area contributed by atoms with Crippen LogP contribution in [0.3, 0.4) is 0 Å². The highest BCUT2D eigenvalue weighted by atomic mass is 19.4. The smallest absolute Gasteiger partial charge is 0.395 e. The first-order valence-electron chi connectivity index (χ1n) is 10.4. The highest BCUT2D eigenvalue weighted by Crippen LogP contribution is 2.38. The molecule has 4 nitrogen and oxygen atoms in total. The van der Waals surface area contributed by atoms with Gasteiger partial charge in [0, 0.05) is 38.4 Å². The molecule has 0 radical (unpaired) electrons. The Balaban J connectivity index is 1.59. The highest BCUT2D eigenvalue weighted by Gasteiger charge is 2.48. The van der Waals surface area contributed by atoms with Gasteiger partial charge in [-0.2, -0.15) is 13.2 Å². The van der Waals surface area contributed by atoms with Gasteiger partial charge in [-0.05, 0) is 62.1 Å². The summed E-state index contributed by atoms with van der Waals surface area (Å²) < 4.78 is 39.5. The molecule has 1 aliphatic rings. The van der Waals surface area contributed by atoms with E-state index in [0.29, 0.717) is 13.1 Å². The third kappa shape index (κ3) is 5.39. The molecule has 168 valence electrons. The Bertz CT molecular complexity index is 885. The van der Waals surface area contributed by atoms with Crippen LogP contribution in [-0.4, -0.2) is 54.9 Å². The lowest BCUT2D eigenvalue weighted by molar-refractivity contribution is -0.217. The van der Waals surface area contributed by atoms with Crippen LogP contribution in [0.25, 0.3) is 11.1 Å². The monoisotopic (exact) mass is 434 g/mol. The standard InChI is InChI=1S/C24H29F3N2O2/c1-23(2,24(25,26)27)16-29-14-12-21(13-15-29)28(3)20-10-8-18(9-11-20)17-4-6-19(7-5-17)22(30)31/h4-11,21H,12-16H2,1-3H3,(H,30,31). The summed E-state index contributed by atoms with van der Waals surface area (Å²) in [6, 6.07) is 15.1. The van der Waals surface area contributed by atoms with E-state index in [-0.39, 0.29) is 18.2 Å². The van der Waals surface area contributed by atoms with E-state index in [1.54, 1.807) is 24.3 Å². The molecule has 0 spiro atoms. The molecule has 0 aliphatic carbocycles. The van der Waals surface area contributed by atoms with E-state index in [1.807, 2.05) is 36.2 Å². The first-order valence-corrected chi connectivity index (χ1v) is 10.4. The Morgan fingerprint density at radius 1 is 1.00 bits per heavy atom. The molecular weight excluding hydrogens is 405 g/mol. The van der Waals surface area contributed by atoms with Crippen molar-refractivity contribution >= 4 is 11.7 Å². The van der Waals surface area contributed by atoms with Crippen LogP contribution in [0.2, 0.25) is 0 Å². The summed E-state index contributed by atoms with van der Waals surface area (Å²) in [5.41, 5.74) is 1.55. The summed E-state index contributed by atoms with van der Waals surface area (Å²) >= 11 is 0. The molecule has 31 heavy (non-hydrogen) atoms. The van der Waals surface area contributed by atoms with Crippen LogP contribution in [0.15, 0.2) is 48.5 Å². The SMILES string of the molecule is CN(c1ccc(-c2ccc(C(=O)O)cc2)cc1)C1CCN(CC(C)(C)C(F)(F)F)CC1. The molecule has 0 saturated carbocycles. The van der Waals surface area contributed by atoms with E-state index in [9.17, 15) is 18.0 Å². The average molecular weight is 435 g/mol. The number of alkyl halides is 3. The van der Waals surface area contributed by atoms with Gasteiger partial charge in [-0.3, -0.25) is 0 Å². The molecular formula is C24H29F3N2O2. The summed E-state index contributed by atoms with van der Waals surface area (Å²) in [6.45, 7) is 3.87. The number of aromatic carboxylic acids is 1. The van der Waals surface area contributed by atoms with Gasteiger partial charge in [0.25, 0.3) is 0 Å². The van der Waals surface area contributed by atoms with Crippen LogP contribution in [0.4, 0.5) is 18.9 Å². The zero-order chi connectivity index (χ0) is 22.8. The second-order valence-electron chi connectivity index (χ2n) is 8.93. The minimum Gasteiger partial charge on any atom is -0.478 e. The number of benzene rings is 2. The van der Waals surface area contributed by atoms with Gasteiger partial charge in [0.15, 0.2) is 0 Å². The van der Waals surface area contributed by atoms with Crippen LogP contribution in [0.1, 0.15) is 37.0 Å². The molecule has 1 aliphatic heterocycles. The number of hydrogen-bond donors (Lipinski definition) is 1. The maximum Gasteiger partial charge on any atom is 0.395 e. The van der Waals surface area contributed by atoms with Crippen molar-refractivity contribution in [3.05, 3.63) is 54.1 Å². The van der Waals surface area contributed by atoms with Crippen molar-refractivity contribution in [3.63, 3.8) is 0 Å². The molecule has 0 unspecified atom stereocenters. The molecule has 7 heteroatoms. The summed E-state index contributed by atoms with van der Waals surface area (Å²) in [5.74, 6) is -0.948. The Labute approximate surface area is 181 Å². The molecule has 0 aromatic heterocycles. The Kier molecular flexibility index (Phi) is 6.65. The number of carboxylic acids is 1. The van der Waals surface area contributed by atoms with Crippen LogP contribution >= 0.6 is 0 Å². The average Bonchev–Trinajstić information content (AvgIpc) is 2.73. The van der Waals surface area contributed by atoms with Crippen molar-refractivity contribution in [1.29, 1.82) is 0 Å². The Morgan fingerprint density at radius 2 is 1.48 bits per heavy atom. The van der Waals surface area contributed by atoms with Crippen LogP contribution in [-0.2, 0) is 0 Å². The lowest BCUT2D eigenvalue weighted by Gasteiger charge is -2.41. The van der Waals surface area contributed by atoms with Gasteiger partial charge in [-0.15, -0.1) is 0 Å². The highest BCUT2D eigenvalue weighted by molar-refractivity contribution is 5.88. The second kappa shape index (κ2) is 8.91. The molecule has 1 heterocycles. The van der Waals surface area contributed by atoms with E-state index >= 15 is 0 Å². The van der Waals surface area contributed by atoms with Crippen LogP contribution in [0.5, 0.6) is 0 Å². The third-order valence-corrected chi connectivity index (χ3v) is 6.23. The Hall–Kier alpha value is -2.54. The number of hydrogen-bond acceptors (Lipinski definition) is 3. The maximum absolute atomic E-state index is 13.2. The number of carboxylic acid groups (broad SMARTS) is 1. The topological polar surface area (TPSA) is 43.8 Å². The number of rotatable bonds is 6. The van der Waals surface area contributed by atoms with Crippen molar-refractivity contribution in [3.8, 4) is 11.1 Å². The number of piperidine rings is 1. The van der Waals surface area contributed by atoms with E-state index in [2.05, 4.69) is 4.90 Å². The van der Waals surface area contributed by atoms with E-state index in [0.717, 1.165) is 29.7 Å². The van der Waals surface area contributed by atoms with Crippen molar-refractivity contribution in [2.75, 3.05) is 31.6 Å². The molecule has 0 atom stereocenters. The van der Waals surface area contributed by atoms with Crippen molar-refractivity contribution in [2.24, 2.45) is 5.41 Å². The van der Waals surface area contributed by atoms with Crippen LogP contribution in [0, 0.1) is 5.41 Å². The molecule has 1 fully saturated rings. The molecule has 2 aromatic rings. The van der Waals surface area contributed by atoms with E-state index < -0.39 is 17.6 Å². The fraction of sp³-hybridized carbons (Fsp3) is 0.458. The Morgan fingerprint density at radius 3 is 1.94 bits per heavy atom. The lowest BCUT2D eigenvalue weighted by atomic mass is 9.90. The van der Waals surface area contributed by atoms with E-state index in [4.69, 9.17) is 5.11 Å². The summed E-state index contributed by atoms with van der Waals surface area (Å²) in [6.07, 6.45) is -2.55. The molecule has 0 bridgehead atoms. The molecule has 1 N–H and O–H groups in total. The van der Waals surface area contributed by atoms with Gasteiger partial charge in [-0.1, -0.05) is 24.3 Å². The minimum absolute atomic E-state index is 0.0301. The number of anilines is 1. The van der Waals surface area contributed by atoms with Crippen molar-refractivity contribution in [1.82, 2.24) is 4.90 Å². The van der Waals surface area contributed by atoms with Crippen molar-refractivity contribution in [2.45, 2.75) is 38.9 Å². The van der Waals surface area contributed by atoms with Crippen molar-refractivity contribution < 1.29 is 23.1 Å². The van der Waals surface area contributed by atoms with Gasteiger partial charge in [-0.25, -0.2) is 4.79 Å². The quantitative estimate of drug-likeness (QED) is 0.648. The fourth-order valence-corrected chi connectivity index (χ4v) is 4.02. The largest absolute Gasteiger partial charge is 0.478 e. The normalized spacial score (nSPS) is 16.3. The number of carbonyl (C=O) groups is 1. The minimum atomic E-state index is -4.20. The van der Waals surface area contributed by atoms with Gasteiger partial charge in [0.1, 0.15) is 0 Å². The van der Waals surface area contributed by atoms with Crippen LogP contribution < -0.4 is 4.90 Å². The van der Waals surface area contributed by atoms with Gasteiger partial charge in [0.2, 0.25) is 0 Å². The number of nitrogens with zero attached hydrogens (tertiary/aromatic N) is 2. The first-order chi connectivity index (χ1) is 14.5. The zero-order valence-electron chi connectivity index (χ0n) is 18.1. The zero-order valence-corrected chi connectivity index (χ0v) is 18.1. The lowest BCUT2D eigenvalue weighted by Crippen LogP contribution is -2.49. The number of likely N-dealkylation sites (tertiary alicyclic amines) is 1. The molecule has 1 saturated heterocycles.